The number of anilines is 1. The molecule has 8 heteroatoms. The third kappa shape index (κ3) is 3.46. The van der Waals surface area contributed by atoms with E-state index < -0.39 is 9.84 Å². The fourth-order valence-electron chi connectivity index (χ4n) is 2.19. The highest BCUT2D eigenvalue weighted by atomic mass is 32.2. The van der Waals surface area contributed by atoms with Crippen molar-refractivity contribution >= 4 is 21.6 Å². The lowest BCUT2D eigenvalue weighted by atomic mass is 10.1. The van der Waals surface area contributed by atoms with Gasteiger partial charge in [-0.15, -0.1) is 0 Å². The lowest BCUT2D eigenvalue weighted by Crippen LogP contribution is -2.25. The molecule has 0 bridgehead atoms. The van der Waals surface area contributed by atoms with Gasteiger partial charge in [0.15, 0.2) is 9.84 Å². The Labute approximate surface area is 112 Å². The first-order valence-electron chi connectivity index (χ1n) is 6.11. The number of sulfone groups is 1. The van der Waals surface area contributed by atoms with Crippen molar-refractivity contribution in [2.24, 2.45) is 13.0 Å². The van der Waals surface area contributed by atoms with Gasteiger partial charge in [0, 0.05) is 25.6 Å². The SMILES string of the molecule is Cn1ncc(CNC(=O)CC2CCS(=O)(=O)C2)c1N. The highest BCUT2D eigenvalue weighted by Gasteiger charge is 2.29. The van der Waals surface area contributed by atoms with Crippen molar-refractivity contribution in [2.75, 3.05) is 17.2 Å². The van der Waals surface area contributed by atoms with Crippen LogP contribution in [0.25, 0.3) is 0 Å². The Morgan fingerprint density at radius 3 is 2.89 bits per heavy atom. The van der Waals surface area contributed by atoms with Crippen LogP contribution in [0, 0.1) is 5.92 Å². The average molecular weight is 286 g/mol. The second-order valence-electron chi connectivity index (χ2n) is 4.93. The minimum atomic E-state index is -2.92. The molecule has 0 aromatic carbocycles. The van der Waals surface area contributed by atoms with Crippen molar-refractivity contribution in [1.82, 2.24) is 15.1 Å². The second-order valence-corrected chi connectivity index (χ2v) is 7.16. The summed E-state index contributed by atoms with van der Waals surface area (Å²) < 4.78 is 24.1. The minimum Gasteiger partial charge on any atom is -0.384 e. The fraction of sp³-hybridized carbons (Fsp3) is 0.636. The second kappa shape index (κ2) is 5.20. The van der Waals surface area contributed by atoms with E-state index in [-0.39, 0.29) is 29.8 Å². The maximum Gasteiger partial charge on any atom is 0.220 e. The summed E-state index contributed by atoms with van der Waals surface area (Å²) in [5.74, 6) is 0.626. The van der Waals surface area contributed by atoms with E-state index in [1.807, 2.05) is 0 Å². The first-order chi connectivity index (χ1) is 8.87. The summed E-state index contributed by atoms with van der Waals surface area (Å²) in [7, 11) is -1.20. The molecule has 1 atom stereocenters. The van der Waals surface area contributed by atoms with Gasteiger partial charge in [0.1, 0.15) is 5.82 Å². The number of aryl methyl sites for hydroxylation is 1. The number of nitrogen functional groups attached to an aromatic ring is 1. The minimum absolute atomic E-state index is 0.0590. The molecule has 1 unspecified atom stereocenters. The molecule has 106 valence electrons. The van der Waals surface area contributed by atoms with Crippen LogP contribution in [0.15, 0.2) is 6.20 Å². The number of carbonyl (C=O) groups is 1. The molecular weight excluding hydrogens is 268 g/mol. The number of rotatable bonds is 4. The predicted molar refractivity (Wildman–Crippen MR) is 70.8 cm³/mol. The van der Waals surface area contributed by atoms with Gasteiger partial charge < -0.3 is 11.1 Å². The van der Waals surface area contributed by atoms with Crippen molar-refractivity contribution < 1.29 is 13.2 Å². The summed E-state index contributed by atoms with van der Waals surface area (Å²) in [4.78, 5) is 11.7. The molecule has 7 nitrogen and oxygen atoms in total. The van der Waals surface area contributed by atoms with Gasteiger partial charge >= 0.3 is 0 Å². The third-order valence-corrected chi connectivity index (χ3v) is 5.18. The van der Waals surface area contributed by atoms with Crippen LogP contribution < -0.4 is 11.1 Å². The molecule has 0 spiro atoms. The largest absolute Gasteiger partial charge is 0.384 e. The summed E-state index contributed by atoms with van der Waals surface area (Å²) in [5, 5.41) is 6.72. The molecule has 1 aromatic heterocycles. The molecule has 3 N–H and O–H groups in total. The van der Waals surface area contributed by atoms with Crippen molar-refractivity contribution in [3.63, 3.8) is 0 Å². The van der Waals surface area contributed by atoms with Gasteiger partial charge in [0.2, 0.25) is 5.91 Å². The molecule has 2 heterocycles. The highest BCUT2D eigenvalue weighted by molar-refractivity contribution is 7.91. The Balaban J connectivity index is 1.81. The van der Waals surface area contributed by atoms with Gasteiger partial charge in [-0.25, -0.2) is 8.42 Å². The van der Waals surface area contributed by atoms with E-state index in [1.54, 1.807) is 13.2 Å². The molecule has 0 radical (unpaired) electrons. The van der Waals surface area contributed by atoms with Crippen LogP contribution in [0.1, 0.15) is 18.4 Å². The zero-order valence-electron chi connectivity index (χ0n) is 10.8. The normalized spacial score (nSPS) is 21.4. The van der Waals surface area contributed by atoms with Crippen molar-refractivity contribution in [3.8, 4) is 0 Å². The van der Waals surface area contributed by atoms with Crippen LogP contribution >= 0.6 is 0 Å². The maximum absolute atomic E-state index is 11.7. The van der Waals surface area contributed by atoms with Crippen LogP contribution in [0.3, 0.4) is 0 Å². The van der Waals surface area contributed by atoms with Gasteiger partial charge in [-0.1, -0.05) is 0 Å². The fourth-order valence-corrected chi connectivity index (χ4v) is 4.05. The van der Waals surface area contributed by atoms with Crippen LogP contribution in [0.4, 0.5) is 5.82 Å². The first kappa shape index (κ1) is 13.9. The number of nitrogens with two attached hydrogens (primary N) is 1. The zero-order valence-corrected chi connectivity index (χ0v) is 11.6. The van der Waals surface area contributed by atoms with Crippen LogP contribution in [-0.2, 0) is 28.2 Å². The molecular formula is C11H18N4O3S. The third-order valence-electron chi connectivity index (χ3n) is 3.34. The number of aromatic nitrogens is 2. The Kier molecular flexibility index (Phi) is 3.79. The summed E-state index contributed by atoms with van der Waals surface area (Å²) >= 11 is 0. The van der Waals surface area contributed by atoms with E-state index in [4.69, 9.17) is 5.73 Å². The summed E-state index contributed by atoms with van der Waals surface area (Å²) in [6.45, 7) is 0.317. The average Bonchev–Trinajstić information content (AvgIpc) is 2.82. The molecule has 1 fully saturated rings. The molecule has 0 aliphatic carbocycles. The molecule has 1 aliphatic rings. The zero-order chi connectivity index (χ0) is 14.0. The summed E-state index contributed by atoms with van der Waals surface area (Å²) in [6.07, 6.45) is 2.43. The Hall–Kier alpha value is -1.57. The van der Waals surface area contributed by atoms with Crippen LogP contribution in [-0.4, -0.2) is 35.6 Å². The lowest BCUT2D eigenvalue weighted by Gasteiger charge is -2.08. The van der Waals surface area contributed by atoms with Crippen LogP contribution in [0.2, 0.25) is 0 Å². The monoisotopic (exact) mass is 286 g/mol. The molecule has 1 amide bonds. The predicted octanol–water partition coefficient (Wildman–Crippen LogP) is -0.557. The molecule has 1 saturated heterocycles. The summed E-state index contributed by atoms with van der Waals surface area (Å²) in [6, 6.07) is 0. The number of amides is 1. The molecule has 2 rings (SSSR count). The highest BCUT2D eigenvalue weighted by Crippen LogP contribution is 2.21. The quantitative estimate of drug-likeness (QED) is 0.771. The maximum atomic E-state index is 11.7. The number of hydrogen-bond acceptors (Lipinski definition) is 5. The van der Waals surface area contributed by atoms with E-state index in [9.17, 15) is 13.2 Å². The van der Waals surface area contributed by atoms with Crippen molar-refractivity contribution in [1.29, 1.82) is 0 Å². The topological polar surface area (TPSA) is 107 Å². The summed E-state index contributed by atoms with van der Waals surface area (Å²) in [5.41, 5.74) is 6.52. The van der Waals surface area contributed by atoms with E-state index in [1.165, 1.54) is 4.68 Å². The van der Waals surface area contributed by atoms with Gasteiger partial charge in [-0.05, 0) is 12.3 Å². The number of nitrogens with zero attached hydrogens (tertiary/aromatic N) is 2. The Morgan fingerprint density at radius 1 is 1.63 bits per heavy atom. The van der Waals surface area contributed by atoms with Gasteiger partial charge in [-0.2, -0.15) is 5.10 Å². The molecule has 1 aliphatic heterocycles. The van der Waals surface area contributed by atoms with Crippen LogP contribution in [0.5, 0.6) is 0 Å². The van der Waals surface area contributed by atoms with Crippen molar-refractivity contribution in [3.05, 3.63) is 11.8 Å². The van der Waals surface area contributed by atoms with E-state index >= 15 is 0 Å². The smallest absolute Gasteiger partial charge is 0.220 e. The first-order valence-corrected chi connectivity index (χ1v) is 7.93. The molecule has 1 aromatic rings. The number of nitrogens with one attached hydrogen (secondary N) is 1. The Morgan fingerprint density at radius 2 is 2.37 bits per heavy atom. The number of carbonyl (C=O) groups excluding carboxylic acids is 1. The number of hydrogen-bond donors (Lipinski definition) is 2. The van der Waals surface area contributed by atoms with Gasteiger partial charge in [0.05, 0.1) is 17.7 Å². The van der Waals surface area contributed by atoms with E-state index in [0.717, 1.165) is 5.56 Å². The van der Waals surface area contributed by atoms with E-state index in [2.05, 4.69) is 10.4 Å². The van der Waals surface area contributed by atoms with Crippen molar-refractivity contribution in [2.45, 2.75) is 19.4 Å². The van der Waals surface area contributed by atoms with Gasteiger partial charge in [-0.3, -0.25) is 9.48 Å². The molecule has 19 heavy (non-hydrogen) atoms. The standard InChI is InChI=1S/C11H18N4O3S/c1-15-11(12)9(6-14-15)5-13-10(16)4-8-2-3-19(17,18)7-8/h6,8H,2-5,7,12H2,1H3,(H,13,16). The van der Waals surface area contributed by atoms with Gasteiger partial charge in [0.25, 0.3) is 0 Å². The Bertz CT molecular complexity index is 579. The molecule has 0 saturated carbocycles. The van der Waals surface area contributed by atoms with E-state index in [0.29, 0.717) is 18.8 Å². The lowest BCUT2D eigenvalue weighted by molar-refractivity contribution is -0.122.